The summed E-state index contributed by atoms with van der Waals surface area (Å²) >= 11 is 1.68. The largest absolute Gasteiger partial charge is 0.310 e. The number of sulfonamides is 1. The summed E-state index contributed by atoms with van der Waals surface area (Å²) in [5.74, 6) is -0.0547. The first-order chi connectivity index (χ1) is 12.4. The first kappa shape index (κ1) is 19.7. The van der Waals surface area contributed by atoms with Gasteiger partial charge in [-0.25, -0.2) is 13.1 Å². The zero-order valence-electron chi connectivity index (χ0n) is 15.5. The summed E-state index contributed by atoms with van der Waals surface area (Å²) in [7, 11) is -3.58. The molecule has 0 aromatic heterocycles. The number of thioether (sulfide) groups is 1. The van der Waals surface area contributed by atoms with Crippen LogP contribution in [0.2, 0.25) is 0 Å². The smallest absolute Gasteiger partial charge is 0.240 e. The van der Waals surface area contributed by atoms with Gasteiger partial charge in [0.05, 0.1) is 10.6 Å². The maximum atomic E-state index is 12.9. The van der Waals surface area contributed by atoms with Crippen molar-refractivity contribution in [2.75, 3.05) is 11.4 Å². The topological polar surface area (TPSA) is 66.5 Å². The molecular weight excluding hydrogens is 368 g/mol. The van der Waals surface area contributed by atoms with Gasteiger partial charge in [-0.3, -0.25) is 4.79 Å². The molecule has 1 aliphatic heterocycles. The normalized spacial score (nSPS) is 22.4. The van der Waals surface area contributed by atoms with Crippen molar-refractivity contribution < 1.29 is 13.2 Å². The van der Waals surface area contributed by atoms with Crippen molar-refractivity contribution in [2.24, 2.45) is 0 Å². The predicted molar refractivity (Wildman–Crippen MR) is 106 cm³/mol. The monoisotopic (exact) mass is 396 g/mol. The summed E-state index contributed by atoms with van der Waals surface area (Å²) in [6, 6.07) is 5.15. The summed E-state index contributed by atoms with van der Waals surface area (Å²) in [4.78, 5) is 14.9. The van der Waals surface area contributed by atoms with Crippen LogP contribution in [0.15, 0.2) is 28.0 Å². The second-order valence-corrected chi connectivity index (χ2v) is 10.5. The molecule has 1 aromatic carbocycles. The summed E-state index contributed by atoms with van der Waals surface area (Å²) in [5.41, 5.74) is 0.709. The van der Waals surface area contributed by atoms with Gasteiger partial charge in [-0.1, -0.05) is 39.0 Å². The molecule has 0 spiro atoms. The quantitative estimate of drug-likeness (QED) is 0.841. The molecule has 1 heterocycles. The maximum Gasteiger partial charge on any atom is 0.240 e. The molecule has 5 nitrogen and oxygen atoms in total. The average molecular weight is 397 g/mol. The molecule has 144 valence electrons. The molecule has 1 atom stereocenters. The molecule has 0 unspecified atom stereocenters. The third-order valence-electron chi connectivity index (χ3n) is 5.11. The fraction of sp³-hybridized carbons (Fsp3) is 0.632. The second kappa shape index (κ2) is 8.31. The number of rotatable bonds is 3. The van der Waals surface area contributed by atoms with E-state index in [9.17, 15) is 13.2 Å². The molecule has 1 aromatic rings. The van der Waals surface area contributed by atoms with Crippen molar-refractivity contribution in [3.05, 3.63) is 18.2 Å². The van der Waals surface area contributed by atoms with E-state index in [4.69, 9.17) is 0 Å². The number of hydrogen-bond acceptors (Lipinski definition) is 4. The van der Waals surface area contributed by atoms with E-state index in [0.717, 1.165) is 30.6 Å². The Hall–Kier alpha value is -1.05. The highest BCUT2D eigenvalue weighted by molar-refractivity contribution is 8.00. The molecule has 0 bridgehead atoms. The van der Waals surface area contributed by atoms with Crippen LogP contribution in [0.3, 0.4) is 0 Å². The lowest BCUT2D eigenvalue weighted by Gasteiger charge is -2.32. The van der Waals surface area contributed by atoms with Gasteiger partial charge in [0.1, 0.15) is 0 Å². The molecule has 1 aliphatic carbocycles. The Balaban J connectivity index is 1.84. The van der Waals surface area contributed by atoms with E-state index >= 15 is 0 Å². The minimum atomic E-state index is -3.58. The maximum absolute atomic E-state index is 12.9. The Kier molecular flexibility index (Phi) is 6.30. The minimum Gasteiger partial charge on any atom is -0.310 e. The van der Waals surface area contributed by atoms with E-state index in [1.165, 1.54) is 26.2 Å². The molecule has 1 amide bonds. The predicted octanol–water partition coefficient (Wildman–Crippen LogP) is 3.92. The fourth-order valence-electron chi connectivity index (χ4n) is 3.74. The second-order valence-electron chi connectivity index (χ2n) is 7.35. The van der Waals surface area contributed by atoms with E-state index < -0.39 is 10.0 Å². The van der Waals surface area contributed by atoms with Gasteiger partial charge < -0.3 is 4.90 Å². The zero-order valence-corrected chi connectivity index (χ0v) is 17.2. The number of benzene rings is 1. The number of carbonyl (C=O) groups excluding carboxylic acids is 1. The lowest BCUT2D eigenvalue weighted by Crippen LogP contribution is -2.38. The lowest BCUT2D eigenvalue weighted by atomic mass is 9.97. The van der Waals surface area contributed by atoms with Crippen LogP contribution in [0.4, 0.5) is 5.69 Å². The molecule has 1 N–H and O–H groups in total. The van der Waals surface area contributed by atoms with Gasteiger partial charge in [0.2, 0.25) is 15.9 Å². The number of hydrogen-bond donors (Lipinski definition) is 1. The number of anilines is 1. The van der Waals surface area contributed by atoms with Gasteiger partial charge in [-0.05, 0) is 31.0 Å². The number of fused-ring (bicyclic) bond motifs is 1. The molecule has 7 heteroatoms. The Labute approximate surface area is 161 Å². The molecule has 1 saturated carbocycles. The molecule has 0 saturated heterocycles. The fourth-order valence-corrected chi connectivity index (χ4v) is 6.16. The van der Waals surface area contributed by atoms with Gasteiger partial charge in [-0.2, -0.15) is 0 Å². The third-order valence-corrected chi connectivity index (χ3v) is 7.78. The number of nitrogens with zero attached hydrogens (tertiary/aromatic N) is 1. The van der Waals surface area contributed by atoms with Crippen LogP contribution >= 0.6 is 11.8 Å². The summed E-state index contributed by atoms with van der Waals surface area (Å²) in [6.45, 7) is 4.21. The summed E-state index contributed by atoms with van der Waals surface area (Å²) < 4.78 is 28.7. The highest BCUT2D eigenvalue weighted by Gasteiger charge is 2.28. The van der Waals surface area contributed by atoms with Crippen LogP contribution in [-0.4, -0.2) is 32.2 Å². The van der Waals surface area contributed by atoms with Crippen LogP contribution in [-0.2, 0) is 14.8 Å². The molecule has 1 fully saturated rings. The standard InChI is InChI=1S/C19H28N2O3S2/c1-14-13-21(15(2)22)18-12-17(10-11-19(18)25-14)26(23,24)20-16-8-6-4-3-5-7-9-16/h10-12,14,16,20H,3-9,13H2,1-2H3/t14-/m0/s1. The van der Waals surface area contributed by atoms with Crippen molar-refractivity contribution in [1.82, 2.24) is 4.72 Å². The summed E-state index contributed by atoms with van der Waals surface area (Å²) in [6.07, 6.45) is 7.56. The van der Waals surface area contributed by atoms with Gasteiger partial charge >= 0.3 is 0 Å². The van der Waals surface area contributed by atoms with Crippen LogP contribution < -0.4 is 9.62 Å². The van der Waals surface area contributed by atoms with Crippen molar-refractivity contribution in [3.8, 4) is 0 Å². The molecule has 26 heavy (non-hydrogen) atoms. The molecule has 2 aliphatic rings. The van der Waals surface area contributed by atoms with Crippen LogP contribution in [0.1, 0.15) is 58.8 Å². The van der Waals surface area contributed by atoms with Crippen molar-refractivity contribution in [2.45, 2.75) is 79.9 Å². The Morgan fingerprint density at radius 2 is 1.81 bits per heavy atom. The molecule has 3 rings (SSSR count). The van der Waals surface area contributed by atoms with E-state index in [0.29, 0.717) is 17.5 Å². The summed E-state index contributed by atoms with van der Waals surface area (Å²) in [5, 5.41) is 0.293. The van der Waals surface area contributed by atoms with Crippen molar-refractivity contribution >= 4 is 33.4 Å². The van der Waals surface area contributed by atoms with Gasteiger partial charge in [0.25, 0.3) is 0 Å². The van der Waals surface area contributed by atoms with Crippen LogP contribution in [0.5, 0.6) is 0 Å². The van der Waals surface area contributed by atoms with E-state index in [1.807, 2.05) is 6.07 Å². The van der Waals surface area contributed by atoms with E-state index in [-0.39, 0.29) is 16.8 Å². The van der Waals surface area contributed by atoms with Crippen molar-refractivity contribution in [1.29, 1.82) is 0 Å². The molecular formula is C19H28N2O3S2. The van der Waals surface area contributed by atoms with Gasteiger partial charge in [0.15, 0.2) is 0 Å². The Morgan fingerprint density at radius 1 is 1.15 bits per heavy atom. The van der Waals surface area contributed by atoms with E-state index in [1.54, 1.807) is 28.8 Å². The highest BCUT2D eigenvalue weighted by atomic mass is 32.2. The minimum absolute atomic E-state index is 0.00893. The highest BCUT2D eigenvalue weighted by Crippen LogP contribution is 2.39. The van der Waals surface area contributed by atoms with Gasteiger partial charge in [-0.15, -0.1) is 11.8 Å². The van der Waals surface area contributed by atoms with E-state index in [2.05, 4.69) is 11.6 Å². The Morgan fingerprint density at radius 3 is 2.46 bits per heavy atom. The number of carbonyl (C=O) groups is 1. The first-order valence-corrected chi connectivity index (χ1v) is 11.8. The number of amides is 1. The third kappa shape index (κ3) is 4.61. The van der Waals surface area contributed by atoms with Crippen molar-refractivity contribution in [3.63, 3.8) is 0 Å². The number of nitrogens with one attached hydrogen (secondary N) is 1. The lowest BCUT2D eigenvalue weighted by molar-refractivity contribution is -0.116. The molecule has 0 radical (unpaired) electrons. The van der Waals surface area contributed by atoms with Crippen LogP contribution in [0.25, 0.3) is 0 Å². The van der Waals surface area contributed by atoms with Crippen LogP contribution in [0, 0.1) is 0 Å². The zero-order chi connectivity index (χ0) is 18.7. The average Bonchev–Trinajstić information content (AvgIpc) is 2.55. The SMILES string of the molecule is CC(=O)N1C[C@H](C)Sc2ccc(S(=O)(=O)NC3CCCCCCC3)cc21. The Bertz CT molecular complexity index is 756. The first-order valence-electron chi connectivity index (χ1n) is 9.48. The van der Waals surface area contributed by atoms with Gasteiger partial charge in [0, 0.05) is 29.7 Å².